The fraction of sp³-hybridized carbons (Fsp3) is 0.320. The molecule has 3 nitrogen and oxygen atoms in total. The standard InChI is InChI=1S/C25H27ClN2OS/c1-5-7-15(2)28-14-19-12-18(10-11-20(19)17(28)4)13-27-25(29)24-16(3)23-21(26)8-6-9-22(23)30-24/h6,8-12,15H,4-5,7,13-14H2,1-3H3,(H,27,29). The van der Waals surface area contributed by atoms with Crippen molar-refractivity contribution in [1.82, 2.24) is 10.2 Å². The minimum absolute atomic E-state index is 0.0483. The van der Waals surface area contributed by atoms with Crippen LogP contribution in [0.3, 0.4) is 0 Å². The SMILES string of the molecule is C=C1c2ccc(CNC(=O)c3sc4cccc(Cl)c4c3C)cc2CN1C(C)CCC. The highest BCUT2D eigenvalue weighted by atomic mass is 35.5. The highest BCUT2D eigenvalue weighted by Crippen LogP contribution is 2.36. The average molecular weight is 439 g/mol. The van der Waals surface area contributed by atoms with Gasteiger partial charge in [0.2, 0.25) is 0 Å². The second-order valence-electron chi connectivity index (χ2n) is 8.06. The molecule has 0 spiro atoms. The van der Waals surface area contributed by atoms with Gasteiger partial charge in [0.05, 0.1) is 4.88 Å². The number of carbonyl (C=O) groups is 1. The minimum Gasteiger partial charge on any atom is -0.364 e. The average Bonchev–Trinajstić information content (AvgIpc) is 3.24. The van der Waals surface area contributed by atoms with Crippen molar-refractivity contribution >= 4 is 44.6 Å². The molecule has 5 heteroatoms. The summed E-state index contributed by atoms with van der Waals surface area (Å²) in [6.07, 6.45) is 2.33. The summed E-state index contributed by atoms with van der Waals surface area (Å²) in [5, 5.41) is 4.76. The van der Waals surface area contributed by atoms with Crippen LogP contribution in [0.15, 0.2) is 43.0 Å². The molecule has 1 aliphatic heterocycles. The molecule has 1 amide bonds. The van der Waals surface area contributed by atoms with Gasteiger partial charge in [-0.3, -0.25) is 4.79 Å². The van der Waals surface area contributed by atoms with Gasteiger partial charge in [-0.05, 0) is 49.1 Å². The molecule has 0 bridgehead atoms. The lowest BCUT2D eigenvalue weighted by molar-refractivity contribution is 0.0954. The van der Waals surface area contributed by atoms with Crippen LogP contribution in [0, 0.1) is 6.92 Å². The lowest BCUT2D eigenvalue weighted by Gasteiger charge is -2.27. The van der Waals surface area contributed by atoms with Crippen molar-refractivity contribution < 1.29 is 4.79 Å². The molecule has 0 saturated carbocycles. The molecule has 30 heavy (non-hydrogen) atoms. The number of halogens is 1. The summed E-state index contributed by atoms with van der Waals surface area (Å²) in [7, 11) is 0. The van der Waals surface area contributed by atoms with E-state index in [1.807, 2.05) is 25.1 Å². The van der Waals surface area contributed by atoms with Gasteiger partial charge in [-0.1, -0.05) is 55.8 Å². The number of thiophene rings is 1. The monoisotopic (exact) mass is 438 g/mol. The normalized spacial score (nSPS) is 14.3. The third-order valence-electron chi connectivity index (χ3n) is 5.97. The molecule has 1 atom stereocenters. The van der Waals surface area contributed by atoms with E-state index >= 15 is 0 Å². The van der Waals surface area contributed by atoms with E-state index in [-0.39, 0.29) is 5.91 Å². The van der Waals surface area contributed by atoms with Crippen molar-refractivity contribution in [2.75, 3.05) is 0 Å². The van der Waals surface area contributed by atoms with Crippen LogP contribution in [-0.4, -0.2) is 16.8 Å². The lowest BCUT2D eigenvalue weighted by atomic mass is 10.1. The van der Waals surface area contributed by atoms with E-state index in [4.69, 9.17) is 11.6 Å². The quantitative estimate of drug-likeness (QED) is 0.460. The Bertz CT molecular complexity index is 1130. The second-order valence-corrected chi connectivity index (χ2v) is 9.52. The van der Waals surface area contributed by atoms with E-state index in [9.17, 15) is 4.79 Å². The Morgan fingerprint density at radius 3 is 2.87 bits per heavy atom. The van der Waals surface area contributed by atoms with Crippen LogP contribution in [0.2, 0.25) is 5.02 Å². The predicted octanol–water partition coefficient (Wildman–Crippen LogP) is 6.77. The summed E-state index contributed by atoms with van der Waals surface area (Å²) >= 11 is 7.83. The van der Waals surface area contributed by atoms with Crippen LogP contribution >= 0.6 is 22.9 Å². The Morgan fingerprint density at radius 2 is 2.13 bits per heavy atom. The molecule has 1 aromatic heterocycles. The Kier molecular flexibility index (Phi) is 5.90. The number of carbonyl (C=O) groups excluding carboxylic acids is 1. The highest BCUT2D eigenvalue weighted by molar-refractivity contribution is 7.21. The van der Waals surface area contributed by atoms with Crippen LogP contribution in [0.5, 0.6) is 0 Å². The maximum Gasteiger partial charge on any atom is 0.261 e. The smallest absolute Gasteiger partial charge is 0.261 e. The zero-order valence-electron chi connectivity index (χ0n) is 17.7. The van der Waals surface area contributed by atoms with Crippen LogP contribution in [0.25, 0.3) is 15.8 Å². The molecule has 0 radical (unpaired) electrons. The van der Waals surface area contributed by atoms with E-state index in [0.29, 0.717) is 17.6 Å². The Hall–Kier alpha value is -2.30. The first-order chi connectivity index (χ1) is 14.4. The molecule has 0 saturated heterocycles. The van der Waals surface area contributed by atoms with Gasteiger partial charge >= 0.3 is 0 Å². The first kappa shape index (κ1) is 21.0. The molecule has 1 aliphatic rings. The van der Waals surface area contributed by atoms with Gasteiger partial charge in [0.25, 0.3) is 5.91 Å². The maximum absolute atomic E-state index is 12.9. The molecule has 2 aromatic carbocycles. The number of fused-ring (bicyclic) bond motifs is 2. The van der Waals surface area contributed by atoms with Crippen LogP contribution in [-0.2, 0) is 13.1 Å². The molecule has 0 fully saturated rings. The second kappa shape index (κ2) is 8.44. The van der Waals surface area contributed by atoms with Gasteiger partial charge in [0.15, 0.2) is 0 Å². The van der Waals surface area contributed by atoms with Crippen LogP contribution < -0.4 is 5.32 Å². The van der Waals surface area contributed by atoms with Crippen LogP contribution in [0.4, 0.5) is 0 Å². The largest absolute Gasteiger partial charge is 0.364 e. The molecule has 1 unspecified atom stereocenters. The van der Waals surface area contributed by atoms with E-state index in [1.54, 1.807) is 0 Å². The molecule has 3 aromatic rings. The number of nitrogens with zero attached hydrogens (tertiary/aromatic N) is 1. The number of rotatable bonds is 6. The number of hydrogen-bond donors (Lipinski definition) is 1. The molecule has 2 heterocycles. The lowest BCUT2D eigenvalue weighted by Crippen LogP contribution is -2.26. The summed E-state index contributed by atoms with van der Waals surface area (Å²) in [6, 6.07) is 12.7. The van der Waals surface area contributed by atoms with Crippen molar-refractivity contribution in [2.45, 2.75) is 52.7 Å². The van der Waals surface area contributed by atoms with Gasteiger partial charge in [-0.15, -0.1) is 11.3 Å². The first-order valence-electron chi connectivity index (χ1n) is 10.4. The molecule has 4 rings (SSSR count). The summed E-state index contributed by atoms with van der Waals surface area (Å²) in [4.78, 5) is 16.0. The molecule has 156 valence electrons. The summed E-state index contributed by atoms with van der Waals surface area (Å²) in [5.41, 5.74) is 5.68. The van der Waals surface area contributed by atoms with E-state index < -0.39 is 0 Å². The third-order valence-corrected chi connectivity index (χ3v) is 7.54. The van der Waals surface area contributed by atoms with E-state index in [1.165, 1.54) is 28.9 Å². The minimum atomic E-state index is -0.0483. The highest BCUT2D eigenvalue weighted by Gasteiger charge is 2.26. The number of hydrogen-bond acceptors (Lipinski definition) is 3. The molecule has 0 aliphatic carbocycles. The predicted molar refractivity (Wildman–Crippen MR) is 128 cm³/mol. The Morgan fingerprint density at radius 1 is 1.33 bits per heavy atom. The topological polar surface area (TPSA) is 32.3 Å². The van der Waals surface area contributed by atoms with Gasteiger partial charge in [-0.2, -0.15) is 0 Å². The van der Waals surface area contributed by atoms with E-state index in [2.05, 4.69) is 48.8 Å². The number of nitrogens with one attached hydrogen (secondary N) is 1. The summed E-state index contributed by atoms with van der Waals surface area (Å²) in [5.74, 6) is -0.0483. The van der Waals surface area contributed by atoms with Crippen molar-refractivity contribution in [3.8, 4) is 0 Å². The summed E-state index contributed by atoms with van der Waals surface area (Å²) < 4.78 is 1.04. The van der Waals surface area contributed by atoms with Crippen molar-refractivity contribution in [2.24, 2.45) is 0 Å². The Labute approximate surface area is 187 Å². The number of benzene rings is 2. The zero-order valence-corrected chi connectivity index (χ0v) is 19.3. The third kappa shape index (κ3) is 3.75. The van der Waals surface area contributed by atoms with Crippen molar-refractivity contribution in [3.05, 3.63) is 75.1 Å². The molecule has 1 N–H and O–H groups in total. The fourth-order valence-corrected chi connectivity index (χ4v) is 5.86. The Balaban J connectivity index is 1.48. The summed E-state index contributed by atoms with van der Waals surface area (Å²) in [6.45, 7) is 12.2. The van der Waals surface area contributed by atoms with Crippen molar-refractivity contribution in [1.29, 1.82) is 0 Å². The van der Waals surface area contributed by atoms with Gasteiger partial charge in [0, 0.05) is 45.5 Å². The number of aryl methyl sites for hydroxylation is 1. The maximum atomic E-state index is 12.9. The van der Waals surface area contributed by atoms with Gasteiger partial charge < -0.3 is 10.2 Å². The molecular formula is C25H27ClN2OS. The fourth-order valence-electron chi connectivity index (χ4n) is 4.33. The van der Waals surface area contributed by atoms with Crippen molar-refractivity contribution in [3.63, 3.8) is 0 Å². The number of amides is 1. The van der Waals surface area contributed by atoms with E-state index in [0.717, 1.165) is 44.8 Å². The first-order valence-corrected chi connectivity index (χ1v) is 11.6. The zero-order chi connectivity index (χ0) is 21.4. The van der Waals surface area contributed by atoms with Gasteiger partial charge in [0.1, 0.15) is 0 Å². The molecular weight excluding hydrogens is 412 g/mol. The van der Waals surface area contributed by atoms with Gasteiger partial charge in [-0.25, -0.2) is 0 Å². The van der Waals surface area contributed by atoms with Crippen LogP contribution in [0.1, 0.15) is 58.6 Å².